The summed E-state index contributed by atoms with van der Waals surface area (Å²) in [5, 5.41) is 8.31. The number of hydrogen-bond donors (Lipinski definition) is 0. The molecule has 4 nitrogen and oxygen atoms in total. The van der Waals surface area contributed by atoms with Crippen LogP contribution in [-0.2, 0) is 9.84 Å². The van der Waals surface area contributed by atoms with Crippen molar-refractivity contribution in [2.75, 3.05) is 31.1 Å². The summed E-state index contributed by atoms with van der Waals surface area (Å²) in [6.45, 7) is 1.36. The van der Waals surface area contributed by atoms with Gasteiger partial charge in [-0.3, -0.25) is 4.90 Å². The van der Waals surface area contributed by atoms with Crippen molar-refractivity contribution in [3.05, 3.63) is 0 Å². The molecule has 1 aliphatic rings. The van der Waals surface area contributed by atoms with Crippen LogP contribution < -0.4 is 0 Å². The van der Waals surface area contributed by atoms with Gasteiger partial charge in [-0.05, 0) is 0 Å². The molecule has 1 fully saturated rings. The average molecular weight is 174 g/mol. The van der Waals surface area contributed by atoms with Crippen LogP contribution in [0.1, 0.15) is 0 Å². The van der Waals surface area contributed by atoms with Crippen molar-refractivity contribution in [1.29, 1.82) is 5.26 Å². The molecule has 0 amide bonds. The maximum atomic E-state index is 10.9. The van der Waals surface area contributed by atoms with E-state index in [2.05, 4.69) is 0 Å². The third kappa shape index (κ3) is 2.48. The number of nitriles is 1. The van der Waals surface area contributed by atoms with Crippen molar-refractivity contribution in [2.24, 2.45) is 0 Å². The zero-order chi connectivity index (χ0) is 8.32. The summed E-state index contributed by atoms with van der Waals surface area (Å²) in [5.74, 6) is 0.406. The molecule has 1 saturated heterocycles. The first-order valence-corrected chi connectivity index (χ1v) is 5.26. The highest BCUT2D eigenvalue weighted by Gasteiger charge is 2.20. The minimum Gasteiger partial charge on any atom is -0.289 e. The molecule has 0 aromatic rings. The lowest BCUT2D eigenvalue weighted by molar-refractivity contribution is 0.330. The standard InChI is InChI=1S/C6H10N2O2S/c7-1-2-8-3-5-11(9,10)6-4-8/h2-6H2. The van der Waals surface area contributed by atoms with E-state index in [-0.39, 0.29) is 11.5 Å². The minimum atomic E-state index is -2.79. The highest BCUT2D eigenvalue weighted by molar-refractivity contribution is 7.91. The first-order chi connectivity index (χ1) is 5.14. The maximum Gasteiger partial charge on any atom is 0.152 e. The van der Waals surface area contributed by atoms with Gasteiger partial charge in [-0.1, -0.05) is 0 Å². The van der Waals surface area contributed by atoms with Crippen molar-refractivity contribution in [3.63, 3.8) is 0 Å². The van der Waals surface area contributed by atoms with Gasteiger partial charge in [0.25, 0.3) is 0 Å². The highest BCUT2D eigenvalue weighted by Crippen LogP contribution is 2.01. The van der Waals surface area contributed by atoms with Gasteiger partial charge in [0.15, 0.2) is 9.84 Å². The Bertz CT molecular complexity index is 251. The average Bonchev–Trinajstić information content (AvgIpc) is 1.94. The first-order valence-electron chi connectivity index (χ1n) is 3.44. The van der Waals surface area contributed by atoms with Gasteiger partial charge in [0.2, 0.25) is 0 Å². The molecular formula is C6H10N2O2S. The van der Waals surface area contributed by atoms with Crippen LogP contribution in [0.3, 0.4) is 0 Å². The Labute approximate surface area is 66.3 Å². The first kappa shape index (κ1) is 8.50. The fraction of sp³-hybridized carbons (Fsp3) is 0.833. The normalized spacial score (nSPS) is 24.3. The van der Waals surface area contributed by atoms with E-state index in [1.807, 2.05) is 11.0 Å². The highest BCUT2D eigenvalue weighted by atomic mass is 32.2. The molecule has 1 heterocycles. The quantitative estimate of drug-likeness (QED) is 0.490. The molecular weight excluding hydrogens is 164 g/mol. The molecule has 1 rings (SSSR count). The molecule has 0 aromatic heterocycles. The second-order valence-electron chi connectivity index (χ2n) is 2.59. The van der Waals surface area contributed by atoms with Crippen LogP contribution in [0, 0.1) is 11.3 Å². The van der Waals surface area contributed by atoms with E-state index in [1.54, 1.807) is 0 Å². The second-order valence-corrected chi connectivity index (χ2v) is 4.89. The van der Waals surface area contributed by atoms with E-state index in [0.717, 1.165) is 0 Å². The third-order valence-electron chi connectivity index (χ3n) is 1.73. The number of nitrogens with zero attached hydrogens (tertiary/aromatic N) is 2. The topological polar surface area (TPSA) is 61.2 Å². The summed E-state index contributed by atoms with van der Waals surface area (Å²) in [4.78, 5) is 1.85. The van der Waals surface area contributed by atoms with E-state index >= 15 is 0 Å². The molecule has 0 atom stereocenters. The Morgan fingerprint density at radius 2 is 1.91 bits per heavy atom. The Morgan fingerprint density at radius 3 is 2.36 bits per heavy atom. The minimum absolute atomic E-state index is 0.203. The van der Waals surface area contributed by atoms with Gasteiger partial charge in [-0.25, -0.2) is 8.42 Å². The van der Waals surface area contributed by atoms with Crippen LogP contribution >= 0.6 is 0 Å². The molecule has 0 N–H and O–H groups in total. The maximum absolute atomic E-state index is 10.9. The van der Waals surface area contributed by atoms with Gasteiger partial charge >= 0.3 is 0 Å². The van der Waals surface area contributed by atoms with Gasteiger partial charge in [-0.15, -0.1) is 0 Å². The summed E-state index contributed by atoms with van der Waals surface area (Å²) < 4.78 is 21.8. The summed E-state index contributed by atoms with van der Waals surface area (Å²) in [7, 11) is -2.79. The number of hydrogen-bond acceptors (Lipinski definition) is 4. The fourth-order valence-corrected chi connectivity index (χ4v) is 2.29. The zero-order valence-electron chi connectivity index (χ0n) is 6.15. The molecule has 0 radical (unpaired) electrons. The molecule has 0 aliphatic carbocycles. The van der Waals surface area contributed by atoms with E-state index in [0.29, 0.717) is 19.6 Å². The summed E-state index contributed by atoms with van der Waals surface area (Å²) in [6.07, 6.45) is 0. The van der Waals surface area contributed by atoms with Crippen molar-refractivity contribution < 1.29 is 8.42 Å². The van der Waals surface area contributed by atoms with E-state index < -0.39 is 9.84 Å². The van der Waals surface area contributed by atoms with Gasteiger partial charge in [-0.2, -0.15) is 5.26 Å². The van der Waals surface area contributed by atoms with Crippen molar-refractivity contribution in [3.8, 4) is 6.07 Å². The Morgan fingerprint density at radius 1 is 1.36 bits per heavy atom. The third-order valence-corrected chi connectivity index (χ3v) is 3.34. The fourth-order valence-electron chi connectivity index (χ4n) is 1.01. The second kappa shape index (κ2) is 3.20. The van der Waals surface area contributed by atoms with Crippen LogP contribution in [0.4, 0.5) is 0 Å². The predicted molar refractivity (Wildman–Crippen MR) is 40.7 cm³/mol. The molecule has 62 valence electrons. The van der Waals surface area contributed by atoms with Crippen molar-refractivity contribution >= 4 is 9.84 Å². The number of sulfone groups is 1. The van der Waals surface area contributed by atoms with Crippen LogP contribution in [0.2, 0.25) is 0 Å². The smallest absolute Gasteiger partial charge is 0.152 e. The van der Waals surface area contributed by atoms with E-state index in [9.17, 15) is 8.42 Å². The molecule has 0 saturated carbocycles. The summed E-state index contributed by atoms with van der Waals surface area (Å²) in [6, 6.07) is 2.00. The van der Waals surface area contributed by atoms with Crippen LogP contribution in [-0.4, -0.2) is 44.5 Å². The molecule has 0 unspecified atom stereocenters. The van der Waals surface area contributed by atoms with Gasteiger partial charge in [0.05, 0.1) is 24.1 Å². The SMILES string of the molecule is N#CCN1CCS(=O)(=O)CC1. The summed E-state index contributed by atoms with van der Waals surface area (Å²) in [5.41, 5.74) is 0. The lowest BCUT2D eigenvalue weighted by Crippen LogP contribution is -2.40. The Hall–Kier alpha value is -0.600. The zero-order valence-corrected chi connectivity index (χ0v) is 6.97. The molecule has 0 bridgehead atoms. The van der Waals surface area contributed by atoms with E-state index in [1.165, 1.54) is 0 Å². The Kier molecular flexibility index (Phi) is 2.47. The Balaban J connectivity index is 2.44. The predicted octanol–water partition coefficient (Wildman–Crippen LogP) is -0.760. The molecule has 0 spiro atoms. The molecule has 5 heteroatoms. The lowest BCUT2D eigenvalue weighted by atomic mass is 10.5. The van der Waals surface area contributed by atoms with E-state index in [4.69, 9.17) is 5.26 Å². The van der Waals surface area contributed by atoms with Gasteiger partial charge < -0.3 is 0 Å². The van der Waals surface area contributed by atoms with Crippen molar-refractivity contribution in [2.45, 2.75) is 0 Å². The molecule has 1 aliphatic heterocycles. The molecule has 11 heavy (non-hydrogen) atoms. The monoisotopic (exact) mass is 174 g/mol. The number of rotatable bonds is 1. The van der Waals surface area contributed by atoms with Crippen LogP contribution in [0.15, 0.2) is 0 Å². The van der Waals surface area contributed by atoms with Crippen LogP contribution in [0.25, 0.3) is 0 Å². The van der Waals surface area contributed by atoms with Gasteiger partial charge in [0, 0.05) is 13.1 Å². The molecule has 0 aromatic carbocycles. The van der Waals surface area contributed by atoms with Gasteiger partial charge in [0.1, 0.15) is 0 Å². The van der Waals surface area contributed by atoms with Crippen LogP contribution in [0.5, 0.6) is 0 Å². The summed E-state index contributed by atoms with van der Waals surface area (Å²) >= 11 is 0. The largest absolute Gasteiger partial charge is 0.289 e. The van der Waals surface area contributed by atoms with Crippen molar-refractivity contribution in [1.82, 2.24) is 4.90 Å². The lowest BCUT2D eigenvalue weighted by Gasteiger charge is -2.23.